The number of hydrogen-bond donors (Lipinski definition) is 2. The molecule has 0 unspecified atom stereocenters. The number of nitrogens with zero attached hydrogens (tertiary/aromatic N) is 2. The first-order chi connectivity index (χ1) is 9.40. The molecule has 0 aliphatic heterocycles. The lowest BCUT2D eigenvalue weighted by atomic mass is 10.3. The van der Waals surface area contributed by atoms with Gasteiger partial charge in [0.15, 0.2) is 4.90 Å². The second-order valence-corrected chi connectivity index (χ2v) is 5.46. The maximum absolute atomic E-state index is 13.0. The van der Waals surface area contributed by atoms with E-state index in [0.29, 0.717) is 11.9 Å². The Kier molecular flexibility index (Phi) is 3.77. The number of hydrogen-bond acceptors (Lipinski definition) is 5. The fraction of sp³-hybridized carbons (Fsp3) is 0.100. The quantitative estimate of drug-likeness (QED) is 0.629. The van der Waals surface area contributed by atoms with Crippen LogP contribution in [0, 0.1) is 15.9 Å². The van der Waals surface area contributed by atoms with E-state index in [4.69, 9.17) is 0 Å². The smallest absolute Gasteiger partial charge is 0.292 e. The molecule has 1 aromatic carbocycles. The van der Waals surface area contributed by atoms with Crippen LogP contribution >= 0.6 is 0 Å². The summed E-state index contributed by atoms with van der Waals surface area (Å²) in [6.45, 7) is -0.163. The molecule has 2 rings (SSSR count). The number of imidazole rings is 1. The Hall–Kier alpha value is -2.33. The average molecular weight is 300 g/mol. The van der Waals surface area contributed by atoms with Crippen LogP contribution in [-0.4, -0.2) is 23.3 Å². The molecule has 1 heterocycles. The third-order valence-corrected chi connectivity index (χ3v) is 3.84. The first-order valence-electron chi connectivity index (χ1n) is 5.32. The van der Waals surface area contributed by atoms with Crippen molar-refractivity contribution in [1.29, 1.82) is 0 Å². The largest absolute Gasteiger partial charge is 0.347 e. The summed E-state index contributed by atoms with van der Waals surface area (Å²) in [4.78, 5) is 15.7. The minimum Gasteiger partial charge on any atom is -0.347 e. The molecule has 10 heteroatoms. The number of halogens is 1. The maximum atomic E-state index is 13.0. The van der Waals surface area contributed by atoms with E-state index in [0.717, 1.165) is 12.1 Å². The molecule has 0 saturated heterocycles. The Bertz CT molecular complexity index is 730. The lowest BCUT2D eigenvalue weighted by molar-refractivity contribution is -0.388. The monoisotopic (exact) mass is 300 g/mol. The van der Waals surface area contributed by atoms with Crippen LogP contribution in [0.15, 0.2) is 35.5 Å². The van der Waals surface area contributed by atoms with Crippen LogP contribution in [0.4, 0.5) is 10.1 Å². The number of rotatable bonds is 5. The Morgan fingerprint density at radius 3 is 2.80 bits per heavy atom. The summed E-state index contributed by atoms with van der Waals surface area (Å²) in [6, 6.07) is 2.24. The molecule has 20 heavy (non-hydrogen) atoms. The fourth-order valence-corrected chi connectivity index (χ4v) is 2.63. The van der Waals surface area contributed by atoms with Crippen LogP contribution in [-0.2, 0) is 16.6 Å². The maximum Gasteiger partial charge on any atom is 0.292 e. The Morgan fingerprint density at radius 2 is 2.20 bits per heavy atom. The molecule has 106 valence electrons. The van der Waals surface area contributed by atoms with E-state index in [1.54, 1.807) is 0 Å². The van der Waals surface area contributed by atoms with Crippen LogP contribution in [0.2, 0.25) is 0 Å². The summed E-state index contributed by atoms with van der Waals surface area (Å²) in [5, 5.41) is 10.8. The molecule has 0 bridgehead atoms. The molecule has 0 radical (unpaired) electrons. The van der Waals surface area contributed by atoms with Crippen LogP contribution in [0.25, 0.3) is 0 Å². The topological polar surface area (TPSA) is 118 Å². The highest BCUT2D eigenvalue weighted by Gasteiger charge is 2.26. The van der Waals surface area contributed by atoms with Crippen molar-refractivity contribution < 1.29 is 17.7 Å². The first-order valence-corrected chi connectivity index (χ1v) is 6.80. The molecule has 0 spiro atoms. The summed E-state index contributed by atoms with van der Waals surface area (Å²) >= 11 is 0. The van der Waals surface area contributed by atoms with Crippen molar-refractivity contribution in [2.24, 2.45) is 0 Å². The molecule has 0 atom stereocenters. The Morgan fingerprint density at radius 1 is 1.45 bits per heavy atom. The predicted octanol–water partition coefficient (Wildman–Crippen LogP) is 0.935. The second-order valence-electron chi connectivity index (χ2n) is 3.73. The van der Waals surface area contributed by atoms with Gasteiger partial charge in [-0.25, -0.2) is 22.5 Å². The number of benzene rings is 1. The molecule has 0 saturated carbocycles. The van der Waals surface area contributed by atoms with E-state index in [1.165, 1.54) is 12.4 Å². The van der Waals surface area contributed by atoms with Crippen molar-refractivity contribution in [2.75, 3.05) is 0 Å². The van der Waals surface area contributed by atoms with Crippen LogP contribution in [0.1, 0.15) is 5.82 Å². The number of H-pyrrole nitrogens is 1. The van der Waals surface area contributed by atoms with Gasteiger partial charge >= 0.3 is 0 Å². The zero-order valence-corrected chi connectivity index (χ0v) is 10.7. The number of nitro groups is 1. The van der Waals surface area contributed by atoms with Gasteiger partial charge in [0.2, 0.25) is 10.0 Å². The fourth-order valence-electron chi connectivity index (χ4n) is 1.50. The van der Waals surface area contributed by atoms with Gasteiger partial charge in [0, 0.05) is 12.4 Å². The number of aromatic nitrogens is 2. The Labute approximate surface area is 112 Å². The minimum atomic E-state index is -4.15. The van der Waals surface area contributed by atoms with Gasteiger partial charge < -0.3 is 4.98 Å². The van der Waals surface area contributed by atoms with Crippen LogP contribution < -0.4 is 4.72 Å². The van der Waals surface area contributed by atoms with Crippen LogP contribution in [0.5, 0.6) is 0 Å². The molecule has 1 aromatic heterocycles. The van der Waals surface area contributed by atoms with Crippen molar-refractivity contribution in [3.8, 4) is 0 Å². The average Bonchev–Trinajstić information content (AvgIpc) is 2.89. The number of nitrogens with one attached hydrogen (secondary N) is 2. The van der Waals surface area contributed by atoms with Gasteiger partial charge in [0.1, 0.15) is 11.6 Å². The molecule has 2 aromatic rings. The Balaban J connectivity index is 2.31. The van der Waals surface area contributed by atoms with E-state index < -0.39 is 31.3 Å². The molecule has 0 fully saturated rings. The highest BCUT2D eigenvalue weighted by molar-refractivity contribution is 7.89. The highest BCUT2D eigenvalue weighted by atomic mass is 32.2. The van der Waals surface area contributed by atoms with Gasteiger partial charge in [-0.2, -0.15) is 0 Å². The number of sulfonamides is 1. The zero-order valence-electron chi connectivity index (χ0n) is 9.91. The number of aromatic amines is 1. The molecule has 2 N–H and O–H groups in total. The lowest BCUT2D eigenvalue weighted by Crippen LogP contribution is -2.24. The molecule has 8 nitrogen and oxygen atoms in total. The molecule has 0 aliphatic carbocycles. The van der Waals surface area contributed by atoms with E-state index in [-0.39, 0.29) is 6.54 Å². The van der Waals surface area contributed by atoms with Crippen molar-refractivity contribution in [2.45, 2.75) is 11.4 Å². The van der Waals surface area contributed by atoms with E-state index in [2.05, 4.69) is 14.7 Å². The van der Waals surface area contributed by atoms with Gasteiger partial charge in [0.05, 0.1) is 17.5 Å². The molecular weight excluding hydrogens is 291 g/mol. The van der Waals surface area contributed by atoms with Crippen molar-refractivity contribution >= 4 is 15.7 Å². The van der Waals surface area contributed by atoms with Gasteiger partial charge in [-0.1, -0.05) is 0 Å². The summed E-state index contributed by atoms with van der Waals surface area (Å²) in [6.07, 6.45) is 2.94. The van der Waals surface area contributed by atoms with E-state index in [1.807, 2.05) is 0 Å². The minimum absolute atomic E-state index is 0.163. The van der Waals surface area contributed by atoms with Gasteiger partial charge in [-0.05, 0) is 12.1 Å². The lowest BCUT2D eigenvalue weighted by Gasteiger charge is -2.06. The summed E-state index contributed by atoms with van der Waals surface area (Å²) in [5.74, 6) is -0.542. The van der Waals surface area contributed by atoms with Crippen molar-refractivity contribution in [3.63, 3.8) is 0 Å². The molecular formula is C10H9FN4O4S. The van der Waals surface area contributed by atoms with E-state index in [9.17, 15) is 22.9 Å². The normalized spacial score (nSPS) is 11.4. The van der Waals surface area contributed by atoms with Crippen molar-refractivity contribution in [3.05, 3.63) is 52.3 Å². The molecule has 0 amide bonds. The second kappa shape index (κ2) is 5.35. The molecule has 0 aliphatic rings. The van der Waals surface area contributed by atoms with Gasteiger partial charge in [-0.3, -0.25) is 10.1 Å². The third-order valence-electron chi connectivity index (χ3n) is 2.39. The first kappa shape index (κ1) is 14.1. The summed E-state index contributed by atoms with van der Waals surface area (Å²) in [7, 11) is -4.15. The SMILES string of the molecule is O=[N+]([O-])c1cc(F)ccc1S(=O)(=O)NCc1ncc[nH]1. The van der Waals surface area contributed by atoms with Gasteiger partial charge in [-0.15, -0.1) is 0 Å². The van der Waals surface area contributed by atoms with E-state index >= 15 is 0 Å². The number of nitro benzene ring substituents is 1. The summed E-state index contributed by atoms with van der Waals surface area (Å²) < 4.78 is 39.1. The highest BCUT2D eigenvalue weighted by Crippen LogP contribution is 2.24. The van der Waals surface area contributed by atoms with Gasteiger partial charge in [0.25, 0.3) is 5.69 Å². The van der Waals surface area contributed by atoms with Crippen molar-refractivity contribution in [1.82, 2.24) is 14.7 Å². The zero-order chi connectivity index (χ0) is 14.8. The third kappa shape index (κ3) is 2.97. The summed E-state index contributed by atoms with van der Waals surface area (Å²) in [5.41, 5.74) is -0.822. The van der Waals surface area contributed by atoms with Crippen LogP contribution in [0.3, 0.4) is 0 Å². The predicted molar refractivity (Wildman–Crippen MR) is 65.7 cm³/mol. The standard InChI is InChI=1S/C10H9FN4O4S/c11-7-1-2-9(8(5-7)15(16)17)20(18,19)14-6-10-12-3-4-13-10/h1-5,14H,6H2,(H,12,13).